The van der Waals surface area contributed by atoms with Crippen molar-refractivity contribution in [2.75, 3.05) is 11.9 Å². The molecule has 0 aromatic heterocycles. The Morgan fingerprint density at radius 1 is 1.09 bits per heavy atom. The highest BCUT2D eigenvalue weighted by Crippen LogP contribution is 2.29. The molecule has 1 aliphatic rings. The molecule has 0 spiro atoms. The summed E-state index contributed by atoms with van der Waals surface area (Å²) in [6.07, 6.45) is 0. The quantitative estimate of drug-likeness (QED) is 0.739. The Morgan fingerprint density at radius 3 is 2.43 bits per heavy atom. The molecule has 0 aliphatic carbocycles. The number of rotatable bonds is 3. The van der Waals surface area contributed by atoms with Gasteiger partial charge in [0.25, 0.3) is 15.9 Å². The second kappa shape index (κ2) is 5.93. The van der Waals surface area contributed by atoms with Gasteiger partial charge in [-0.25, -0.2) is 12.7 Å². The number of para-hydroxylation sites is 1. The summed E-state index contributed by atoms with van der Waals surface area (Å²) in [6.45, 7) is -0.555. The summed E-state index contributed by atoms with van der Waals surface area (Å²) in [5.41, 5.74) is 0.661. The maximum Gasteiger partial charge on any atom is 0.269 e. The van der Waals surface area contributed by atoms with Crippen molar-refractivity contribution >= 4 is 50.1 Å². The zero-order chi connectivity index (χ0) is 16.6. The zero-order valence-corrected chi connectivity index (χ0v) is 14.7. The highest BCUT2D eigenvalue weighted by Gasteiger charge is 2.41. The fourth-order valence-corrected chi connectivity index (χ4v) is 4.32. The summed E-state index contributed by atoms with van der Waals surface area (Å²) in [6, 6.07) is 13.0. The Hall–Kier alpha value is -1.94. The highest BCUT2D eigenvalue weighted by atomic mass is 127. The molecule has 2 aromatic rings. The zero-order valence-electron chi connectivity index (χ0n) is 11.7. The van der Waals surface area contributed by atoms with Gasteiger partial charge in [-0.3, -0.25) is 9.59 Å². The van der Waals surface area contributed by atoms with Gasteiger partial charge >= 0.3 is 0 Å². The number of carbonyl (C=O) groups is 2. The minimum absolute atomic E-state index is 0.0629. The van der Waals surface area contributed by atoms with Gasteiger partial charge in [0.05, 0.1) is 11.3 Å². The number of sulfonamides is 1. The van der Waals surface area contributed by atoms with Crippen LogP contribution in [0.25, 0.3) is 0 Å². The van der Waals surface area contributed by atoms with Crippen molar-refractivity contribution in [3.8, 4) is 0 Å². The van der Waals surface area contributed by atoms with Gasteiger partial charge in [-0.15, -0.1) is 0 Å². The molecule has 0 saturated carbocycles. The van der Waals surface area contributed by atoms with E-state index in [4.69, 9.17) is 0 Å². The van der Waals surface area contributed by atoms with Crippen molar-refractivity contribution in [1.29, 1.82) is 0 Å². The van der Waals surface area contributed by atoms with E-state index < -0.39 is 28.4 Å². The Morgan fingerprint density at radius 2 is 1.74 bits per heavy atom. The first-order valence-electron chi connectivity index (χ1n) is 6.62. The standard InChI is InChI=1S/C15H11IN2O4S/c16-11-6-2-3-7-12(11)17-14(19)9-18-15(20)10-5-1-4-8-13(10)23(18,21)22/h1-8H,9H2,(H,17,19). The van der Waals surface area contributed by atoms with Crippen LogP contribution in [0.5, 0.6) is 0 Å². The molecular formula is C15H11IN2O4S. The molecule has 2 amide bonds. The van der Waals surface area contributed by atoms with Crippen LogP contribution in [0.3, 0.4) is 0 Å². The van der Waals surface area contributed by atoms with E-state index in [-0.39, 0.29) is 10.5 Å². The monoisotopic (exact) mass is 442 g/mol. The van der Waals surface area contributed by atoms with Gasteiger partial charge in [-0.1, -0.05) is 24.3 Å². The molecule has 0 radical (unpaired) electrons. The van der Waals surface area contributed by atoms with Crippen molar-refractivity contribution in [2.24, 2.45) is 0 Å². The molecule has 0 unspecified atom stereocenters. The van der Waals surface area contributed by atoms with Crippen LogP contribution >= 0.6 is 22.6 Å². The van der Waals surface area contributed by atoms with Crippen LogP contribution in [0.1, 0.15) is 10.4 Å². The fourth-order valence-electron chi connectivity index (χ4n) is 2.27. The first-order valence-corrected chi connectivity index (χ1v) is 9.13. The number of hydrogen-bond donors (Lipinski definition) is 1. The number of nitrogens with one attached hydrogen (secondary N) is 1. The lowest BCUT2D eigenvalue weighted by Gasteiger charge is -2.15. The van der Waals surface area contributed by atoms with E-state index in [1.54, 1.807) is 24.3 Å². The van der Waals surface area contributed by atoms with E-state index >= 15 is 0 Å². The molecule has 0 atom stereocenters. The number of anilines is 1. The van der Waals surface area contributed by atoms with Gasteiger partial charge in [-0.05, 0) is 46.9 Å². The molecule has 1 N–H and O–H groups in total. The summed E-state index contributed by atoms with van der Waals surface area (Å²) < 4.78 is 26.2. The maximum atomic E-state index is 12.4. The highest BCUT2D eigenvalue weighted by molar-refractivity contribution is 14.1. The molecule has 8 heteroatoms. The SMILES string of the molecule is O=C(CN1C(=O)c2ccccc2S1(=O)=O)Nc1ccccc1I. The van der Waals surface area contributed by atoms with Gasteiger partial charge < -0.3 is 5.32 Å². The minimum Gasteiger partial charge on any atom is -0.324 e. The van der Waals surface area contributed by atoms with Gasteiger partial charge in [0, 0.05) is 3.57 Å². The second-order valence-corrected chi connectivity index (χ2v) is 7.83. The first kappa shape index (κ1) is 15.9. The Kier molecular flexibility index (Phi) is 4.11. The summed E-state index contributed by atoms with van der Waals surface area (Å²) in [5, 5.41) is 2.62. The van der Waals surface area contributed by atoms with Crippen LogP contribution < -0.4 is 5.32 Å². The van der Waals surface area contributed by atoms with Crippen molar-refractivity contribution in [3.63, 3.8) is 0 Å². The normalized spacial score (nSPS) is 15.3. The summed E-state index contributed by atoms with van der Waals surface area (Å²) in [4.78, 5) is 24.3. The summed E-state index contributed by atoms with van der Waals surface area (Å²) >= 11 is 2.06. The predicted molar refractivity (Wildman–Crippen MR) is 92.5 cm³/mol. The molecule has 23 heavy (non-hydrogen) atoms. The molecule has 0 fully saturated rings. The Labute approximate surface area is 146 Å². The van der Waals surface area contributed by atoms with Gasteiger partial charge in [-0.2, -0.15) is 0 Å². The number of hydrogen-bond acceptors (Lipinski definition) is 4. The Balaban J connectivity index is 1.83. The van der Waals surface area contributed by atoms with E-state index in [0.29, 0.717) is 9.99 Å². The van der Waals surface area contributed by atoms with E-state index in [2.05, 4.69) is 27.9 Å². The molecular weight excluding hydrogens is 431 g/mol. The molecule has 6 nitrogen and oxygen atoms in total. The lowest BCUT2D eigenvalue weighted by molar-refractivity contribution is -0.116. The molecule has 0 saturated heterocycles. The average molecular weight is 442 g/mol. The van der Waals surface area contributed by atoms with Crippen LogP contribution in [0.15, 0.2) is 53.4 Å². The lowest BCUT2D eigenvalue weighted by Crippen LogP contribution is -2.37. The van der Waals surface area contributed by atoms with Crippen molar-refractivity contribution in [1.82, 2.24) is 4.31 Å². The molecule has 1 aliphatic heterocycles. The van der Waals surface area contributed by atoms with Crippen LogP contribution in [-0.4, -0.2) is 31.1 Å². The topological polar surface area (TPSA) is 83.6 Å². The number of amides is 2. The van der Waals surface area contributed by atoms with Crippen LogP contribution in [0, 0.1) is 3.57 Å². The Bertz CT molecular complexity index is 911. The number of carbonyl (C=O) groups excluding carboxylic acids is 2. The van der Waals surface area contributed by atoms with Crippen molar-refractivity contribution < 1.29 is 18.0 Å². The molecule has 0 bridgehead atoms. The largest absolute Gasteiger partial charge is 0.324 e. The number of benzene rings is 2. The van der Waals surface area contributed by atoms with Crippen LogP contribution in [0.2, 0.25) is 0 Å². The number of halogens is 1. The van der Waals surface area contributed by atoms with Gasteiger partial charge in [0.2, 0.25) is 5.91 Å². The van der Waals surface area contributed by atoms with E-state index in [1.807, 2.05) is 12.1 Å². The minimum atomic E-state index is -3.97. The number of fused-ring (bicyclic) bond motifs is 1. The summed E-state index contributed by atoms with van der Waals surface area (Å²) in [5.74, 6) is -1.25. The van der Waals surface area contributed by atoms with Crippen LogP contribution in [-0.2, 0) is 14.8 Å². The molecule has 118 valence electrons. The average Bonchev–Trinajstić information content (AvgIpc) is 2.71. The van der Waals surface area contributed by atoms with E-state index in [9.17, 15) is 18.0 Å². The van der Waals surface area contributed by atoms with Gasteiger partial charge in [0.15, 0.2) is 0 Å². The smallest absolute Gasteiger partial charge is 0.269 e. The summed E-state index contributed by atoms with van der Waals surface area (Å²) in [7, 11) is -3.97. The van der Waals surface area contributed by atoms with Crippen molar-refractivity contribution in [3.05, 3.63) is 57.7 Å². The van der Waals surface area contributed by atoms with Crippen molar-refractivity contribution in [2.45, 2.75) is 4.90 Å². The first-order chi connectivity index (χ1) is 10.9. The number of nitrogens with zero attached hydrogens (tertiary/aromatic N) is 1. The van der Waals surface area contributed by atoms with E-state index in [1.165, 1.54) is 12.1 Å². The lowest BCUT2D eigenvalue weighted by atomic mass is 10.2. The fraction of sp³-hybridized carbons (Fsp3) is 0.0667. The molecule has 3 rings (SSSR count). The third-order valence-corrected chi connectivity index (χ3v) is 6.07. The maximum absolute atomic E-state index is 12.4. The predicted octanol–water partition coefficient (Wildman–Crippen LogP) is 2.07. The van der Waals surface area contributed by atoms with Gasteiger partial charge in [0.1, 0.15) is 11.4 Å². The third-order valence-electron chi connectivity index (χ3n) is 3.35. The second-order valence-electron chi connectivity index (χ2n) is 4.84. The van der Waals surface area contributed by atoms with Crippen LogP contribution in [0.4, 0.5) is 5.69 Å². The third kappa shape index (κ3) is 2.83. The molecule has 1 heterocycles. The van der Waals surface area contributed by atoms with E-state index in [0.717, 1.165) is 3.57 Å². The molecule has 2 aromatic carbocycles.